The first kappa shape index (κ1) is 18.4. The summed E-state index contributed by atoms with van der Waals surface area (Å²) < 4.78 is 19.9. The molecule has 4 rings (SSSR count). The van der Waals surface area contributed by atoms with Crippen molar-refractivity contribution in [2.24, 2.45) is 0 Å². The molecule has 144 valence electrons. The van der Waals surface area contributed by atoms with Crippen LogP contribution in [0.3, 0.4) is 0 Å². The predicted molar refractivity (Wildman–Crippen MR) is 105 cm³/mol. The van der Waals surface area contributed by atoms with E-state index in [-0.39, 0.29) is 23.9 Å². The van der Waals surface area contributed by atoms with Gasteiger partial charge in [0.15, 0.2) is 5.78 Å². The second-order valence-corrected chi connectivity index (χ2v) is 7.07. The molecule has 2 aliphatic rings. The highest BCUT2D eigenvalue weighted by atomic mass is 19.1. The maximum absolute atomic E-state index is 14.5. The minimum absolute atomic E-state index is 0.0120. The number of anilines is 1. The summed E-state index contributed by atoms with van der Waals surface area (Å²) in [5.74, 6) is -0.270. The minimum Gasteiger partial charge on any atom is -0.494 e. The lowest BCUT2D eigenvalue weighted by Gasteiger charge is -2.38. The second-order valence-electron chi connectivity index (χ2n) is 7.07. The van der Waals surface area contributed by atoms with Gasteiger partial charge < -0.3 is 4.74 Å². The van der Waals surface area contributed by atoms with Gasteiger partial charge in [0.1, 0.15) is 11.6 Å². The molecule has 4 nitrogen and oxygen atoms in total. The first-order valence-corrected chi connectivity index (χ1v) is 9.66. The molecule has 0 N–H and O–H groups in total. The van der Waals surface area contributed by atoms with Crippen molar-refractivity contribution in [2.75, 3.05) is 11.5 Å². The van der Waals surface area contributed by atoms with Crippen LogP contribution in [0.2, 0.25) is 0 Å². The number of hydrogen-bond acceptors (Lipinski definition) is 3. The molecule has 1 unspecified atom stereocenters. The van der Waals surface area contributed by atoms with E-state index in [1.54, 1.807) is 23.1 Å². The number of halogens is 1. The average molecular weight is 379 g/mol. The van der Waals surface area contributed by atoms with E-state index in [1.807, 2.05) is 31.2 Å². The zero-order chi connectivity index (χ0) is 19.7. The highest BCUT2D eigenvalue weighted by Crippen LogP contribution is 2.44. The Morgan fingerprint density at radius 1 is 1.07 bits per heavy atom. The van der Waals surface area contributed by atoms with Crippen molar-refractivity contribution in [3.63, 3.8) is 0 Å². The first-order chi connectivity index (χ1) is 13.6. The van der Waals surface area contributed by atoms with Gasteiger partial charge in [-0.25, -0.2) is 4.39 Å². The molecule has 1 aliphatic carbocycles. The highest BCUT2D eigenvalue weighted by Gasteiger charge is 2.40. The number of ketones is 1. The molecule has 0 fully saturated rings. The highest BCUT2D eigenvalue weighted by molar-refractivity contribution is 6.07. The molecule has 2 aromatic carbocycles. The van der Waals surface area contributed by atoms with Crippen LogP contribution < -0.4 is 9.64 Å². The van der Waals surface area contributed by atoms with Crippen LogP contribution in [0.5, 0.6) is 5.75 Å². The van der Waals surface area contributed by atoms with E-state index < -0.39 is 5.92 Å². The van der Waals surface area contributed by atoms with E-state index in [0.717, 1.165) is 5.75 Å². The number of carbonyl (C=O) groups excluding carboxylic acids is 2. The van der Waals surface area contributed by atoms with Gasteiger partial charge in [0.05, 0.1) is 6.61 Å². The van der Waals surface area contributed by atoms with Gasteiger partial charge in [0.2, 0.25) is 5.91 Å². The lowest BCUT2D eigenvalue weighted by atomic mass is 9.77. The summed E-state index contributed by atoms with van der Waals surface area (Å²) >= 11 is 0. The molecule has 1 aliphatic heterocycles. The molecule has 1 heterocycles. The van der Waals surface area contributed by atoms with Crippen molar-refractivity contribution in [3.8, 4) is 5.75 Å². The number of allylic oxidation sites excluding steroid dienone is 2. The van der Waals surface area contributed by atoms with Crippen LogP contribution in [0.1, 0.15) is 44.1 Å². The third-order valence-electron chi connectivity index (χ3n) is 5.36. The van der Waals surface area contributed by atoms with E-state index >= 15 is 0 Å². The van der Waals surface area contributed by atoms with Crippen LogP contribution in [0.15, 0.2) is 59.8 Å². The number of amides is 1. The summed E-state index contributed by atoms with van der Waals surface area (Å²) in [6, 6.07) is 13.7. The zero-order valence-electron chi connectivity index (χ0n) is 15.8. The lowest BCUT2D eigenvalue weighted by molar-refractivity contribution is -0.119. The Labute approximate surface area is 163 Å². The summed E-state index contributed by atoms with van der Waals surface area (Å²) in [5, 5.41) is 0. The molecule has 1 amide bonds. The third kappa shape index (κ3) is 3.21. The Kier molecular flexibility index (Phi) is 4.99. The van der Waals surface area contributed by atoms with Crippen molar-refractivity contribution in [1.29, 1.82) is 0 Å². The van der Waals surface area contributed by atoms with Gasteiger partial charge in [-0.15, -0.1) is 0 Å². The average Bonchev–Trinajstić information content (AvgIpc) is 2.69. The molecule has 0 saturated heterocycles. The van der Waals surface area contributed by atoms with Gasteiger partial charge in [0, 0.05) is 35.7 Å². The topological polar surface area (TPSA) is 46.6 Å². The number of nitrogens with zero attached hydrogens (tertiary/aromatic N) is 1. The van der Waals surface area contributed by atoms with Crippen molar-refractivity contribution in [2.45, 2.75) is 38.5 Å². The predicted octanol–water partition coefficient (Wildman–Crippen LogP) is 4.75. The van der Waals surface area contributed by atoms with Crippen molar-refractivity contribution >= 4 is 17.4 Å². The first-order valence-electron chi connectivity index (χ1n) is 9.66. The van der Waals surface area contributed by atoms with E-state index in [4.69, 9.17) is 4.74 Å². The van der Waals surface area contributed by atoms with Crippen LogP contribution in [0, 0.1) is 5.82 Å². The van der Waals surface area contributed by atoms with E-state index in [2.05, 4.69) is 0 Å². The molecule has 0 aromatic heterocycles. The summed E-state index contributed by atoms with van der Waals surface area (Å²) in [6.45, 7) is 2.48. The largest absolute Gasteiger partial charge is 0.494 e. The molecule has 1 atom stereocenters. The van der Waals surface area contributed by atoms with E-state index in [1.165, 1.54) is 6.07 Å². The second kappa shape index (κ2) is 7.58. The molecular formula is C23H22FNO3. The number of ether oxygens (including phenoxy) is 1. The molecule has 0 radical (unpaired) electrons. The number of benzene rings is 2. The Bertz CT molecular complexity index is 949. The normalized spacial score (nSPS) is 19.6. The van der Waals surface area contributed by atoms with Crippen LogP contribution >= 0.6 is 0 Å². The summed E-state index contributed by atoms with van der Waals surface area (Å²) in [7, 11) is 0. The molecule has 0 saturated carbocycles. The summed E-state index contributed by atoms with van der Waals surface area (Å²) in [4.78, 5) is 27.5. The van der Waals surface area contributed by atoms with E-state index in [9.17, 15) is 14.0 Å². The molecule has 5 heteroatoms. The Morgan fingerprint density at radius 2 is 1.82 bits per heavy atom. The van der Waals surface area contributed by atoms with Gasteiger partial charge in [-0.1, -0.05) is 18.2 Å². The Hall–Kier alpha value is -2.95. The maximum Gasteiger partial charge on any atom is 0.232 e. The Balaban J connectivity index is 1.80. The van der Waals surface area contributed by atoms with Crippen molar-refractivity contribution < 1.29 is 18.7 Å². The smallest absolute Gasteiger partial charge is 0.232 e. The van der Waals surface area contributed by atoms with E-state index in [0.29, 0.717) is 48.4 Å². The fraction of sp³-hybridized carbons (Fsp3) is 0.304. The molecule has 0 bridgehead atoms. The van der Waals surface area contributed by atoms with Gasteiger partial charge in [0.25, 0.3) is 0 Å². The van der Waals surface area contributed by atoms with Crippen LogP contribution in [-0.2, 0) is 9.59 Å². The third-order valence-corrected chi connectivity index (χ3v) is 5.36. The summed E-state index contributed by atoms with van der Waals surface area (Å²) in [5.41, 5.74) is 2.43. The molecule has 2 aromatic rings. The number of hydrogen-bond donors (Lipinski definition) is 0. The van der Waals surface area contributed by atoms with Crippen LogP contribution in [-0.4, -0.2) is 18.3 Å². The minimum atomic E-state index is -0.518. The van der Waals surface area contributed by atoms with Crippen molar-refractivity contribution in [1.82, 2.24) is 0 Å². The molecular weight excluding hydrogens is 357 g/mol. The fourth-order valence-electron chi connectivity index (χ4n) is 4.17. The zero-order valence-corrected chi connectivity index (χ0v) is 15.8. The van der Waals surface area contributed by atoms with Crippen LogP contribution in [0.25, 0.3) is 0 Å². The molecule has 28 heavy (non-hydrogen) atoms. The molecule has 0 spiro atoms. The fourth-order valence-corrected chi connectivity index (χ4v) is 4.17. The van der Waals surface area contributed by atoms with Gasteiger partial charge in [-0.3, -0.25) is 14.5 Å². The standard InChI is InChI=1S/C23H22FNO3/c1-2-28-16-12-10-15(11-13-16)25-20-8-5-9-21(26)23(20)18(14-22(25)27)17-6-3-4-7-19(17)24/h3-4,6-7,10-13,18H,2,5,8-9,14H2,1H3. The van der Waals surface area contributed by atoms with Gasteiger partial charge in [-0.05, 0) is 55.7 Å². The lowest BCUT2D eigenvalue weighted by Crippen LogP contribution is -2.40. The Morgan fingerprint density at radius 3 is 2.54 bits per heavy atom. The van der Waals surface area contributed by atoms with Gasteiger partial charge in [-0.2, -0.15) is 0 Å². The van der Waals surface area contributed by atoms with Crippen LogP contribution in [0.4, 0.5) is 10.1 Å². The monoisotopic (exact) mass is 379 g/mol. The maximum atomic E-state index is 14.5. The quantitative estimate of drug-likeness (QED) is 0.770. The SMILES string of the molecule is CCOc1ccc(N2C(=O)CC(c3ccccc3F)C3=C2CCCC3=O)cc1. The number of carbonyl (C=O) groups is 2. The number of rotatable bonds is 4. The van der Waals surface area contributed by atoms with Gasteiger partial charge >= 0.3 is 0 Å². The number of Topliss-reactive ketones (excluding diaryl/α,β-unsaturated/α-hetero) is 1. The van der Waals surface area contributed by atoms with Crippen molar-refractivity contribution in [3.05, 3.63) is 71.2 Å². The summed E-state index contributed by atoms with van der Waals surface area (Å²) in [6.07, 6.45) is 1.85.